The van der Waals surface area contributed by atoms with Gasteiger partial charge < -0.3 is 14.6 Å². The van der Waals surface area contributed by atoms with E-state index in [1.807, 2.05) is 6.92 Å². The van der Waals surface area contributed by atoms with Crippen molar-refractivity contribution in [1.29, 1.82) is 0 Å². The number of ether oxygens (including phenoxy) is 2. The van der Waals surface area contributed by atoms with Gasteiger partial charge in [-0.2, -0.15) is 0 Å². The molecule has 0 heterocycles. The van der Waals surface area contributed by atoms with Gasteiger partial charge in [0, 0.05) is 19.7 Å². The van der Waals surface area contributed by atoms with Crippen molar-refractivity contribution >= 4 is 0 Å². The maximum absolute atomic E-state index is 10.0. The van der Waals surface area contributed by atoms with E-state index in [0.29, 0.717) is 25.8 Å². The van der Waals surface area contributed by atoms with Crippen LogP contribution in [0.15, 0.2) is 0 Å². The minimum Gasteiger partial charge on any atom is -0.389 e. The van der Waals surface area contributed by atoms with Crippen LogP contribution in [0.4, 0.5) is 0 Å². The molecule has 0 fully saturated rings. The minimum atomic E-state index is -0.427. The van der Waals surface area contributed by atoms with E-state index in [9.17, 15) is 5.11 Å². The Kier molecular flexibility index (Phi) is 11.6. The molecule has 0 bridgehead atoms. The Labute approximate surface area is 119 Å². The molecule has 2 unspecified atom stereocenters. The van der Waals surface area contributed by atoms with E-state index >= 15 is 0 Å². The monoisotopic (exact) mass is 275 g/mol. The Balaban J connectivity index is 3.92. The first-order valence-corrected chi connectivity index (χ1v) is 7.53. The summed E-state index contributed by atoms with van der Waals surface area (Å²) in [4.78, 5) is 2.32. The highest BCUT2D eigenvalue weighted by Gasteiger charge is 2.15. The molecular formula is C15H33NO3. The van der Waals surface area contributed by atoms with Gasteiger partial charge in [0.25, 0.3) is 0 Å². The van der Waals surface area contributed by atoms with Crippen LogP contribution in [0.5, 0.6) is 0 Å². The normalized spacial score (nSPS) is 15.2. The molecule has 1 N–H and O–H groups in total. The smallest absolute Gasteiger partial charge is 0.0900 e. The van der Waals surface area contributed by atoms with Crippen LogP contribution in [0.2, 0.25) is 0 Å². The third-order valence-corrected chi connectivity index (χ3v) is 3.20. The number of aliphatic hydroxyl groups is 1. The zero-order valence-corrected chi connectivity index (χ0v) is 13.4. The number of nitrogens with zero attached hydrogens (tertiary/aromatic N) is 1. The van der Waals surface area contributed by atoms with Crippen molar-refractivity contribution in [2.24, 2.45) is 0 Å². The largest absolute Gasteiger partial charge is 0.389 e. The molecule has 116 valence electrons. The quantitative estimate of drug-likeness (QED) is 0.555. The Hall–Kier alpha value is -0.160. The van der Waals surface area contributed by atoms with Gasteiger partial charge in [-0.3, -0.25) is 4.90 Å². The van der Waals surface area contributed by atoms with Crippen molar-refractivity contribution in [2.45, 2.75) is 65.2 Å². The molecule has 2 atom stereocenters. The van der Waals surface area contributed by atoms with Crippen molar-refractivity contribution in [3.05, 3.63) is 0 Å². The molecule has 0 aliphatic heterocycles. The van der Waals surface area contributed by atoms with Crippen molar-refractivity contribution < 1.29 is 14.6 Å². The van der Waals surface area contributed by atoms with Gasteiger partial charge in [0.2, 0.25) is 0 Å². The third kappa shape index (κ3) is 10.3. The van der Waals surface area contributed by atoms with Crippen molar-refractivity contribution in [1.82, 2.24) is 4.90 Å². The summed E-state index contributed by atoms with van der Waals surface area (Å²) < 4.78 is 10.6. The van der Waals surface area contributed by atoms with E-state index in [4.69, 9.17) is 9.47 Å². The summed E-state index contributed by atoms with van der Waals surface area (Å²) in [7, 11) is 1.66. The highest BCUT2D eigenvalue weighted by Crippen LogP contribution is 2.05. The van der Waals surface area contributed by atoms with Crippen molar-refractivity contribution in [3.8, 4) is 0 Å². The summed E-state index contributed by atoms with van der Waals surface area (Å²) in [6.45, 7) is 11.2. The molecule has 0 aromatic heterocycles. The number of hydrogen-bond donors (Lipinski definition) is 1. The zero-order valence-electron chi connectivity index (χ0n) is 13.4. The zero-order chi connectivity index (χ0) is 14.7. The first-order chi connectivity index (χ1) is 9.01. The Morgan fingerprint density at radius 2 is 1.79 bits per heavy atom. The van der Waals surface area contributed by atoms with Crippen LogP contribution in [0.1, 0.15) is 47.0 Å². The highest BCUT2D eigenvalue weighted by atomic mass is 16.5. The number of rotatable bonds is 12. The van der Waals surface area contributed by atoms with Gasteiger partial charge in [-0.05, 0) is 33.7 Å². The van der Waals surface area contributed by atoms with Crippen LogP contribution in [0, 0.1) is 0 Å². The second-order valence-corrected chi connectivity index (χ2v) is 5.55. The summed E-state index contributed by atoms with van der Waals surface area (Å²) in [5.41, 5.74) is 0. The molecule has 0 saturated carbocycles. The molecular weight excluding hydrogens is 242 g/mol. The van der Waals surface area contributed by atoms with Crippen molar-refractivity contribution in [2.75, 3.05) is 33.4 Å². The van der Waals surface area contributed by atoms with E-state index in [0.717, 1.165) is 6.54 Å². The lowest BCUT2D eigenvalue weighted by Crippen LogP contribution is -2.40. The predicted octanol–water partition coefficient (Wildman–Crippen LogP) is 2.30. The summed E-state index contributed by atoms with van der Waals surface area (Å²) in [5.74, 6) is 0. The van der Waals surface area contributed by atoms with Crippen LogP contribution in [-0.4, -0.2) is 61.7 Å². The van der Waals surface area contributed by atoms with Crippen molar-refractivity contribution in [3.63, 3.8) is 0 Å². The molecule has 0 aliphatic carbocycles. The lowest BCUT2D eigenvalue weighted by Gasteiger charge is -2.29. The van der Waals surface area contributed by atoms with Crippen LogP contribution in [0.25, 0.3) is 0 Å². The molecule has 0 spiro atoms. The first-order valence-electron chi connectivity index (χ1n) is 7.53. The van der Waals surface area contributed by atoms with Crippen LogP contribution < -0.4 is 0 Å². The fourth-order valence-corrected chi connectivity index (χ4v) is 2.01. The van der Waals surface area contributed by atoms with Gasteiger partial charge >= 0.3 is 0 Å². The Bertz CT molecular complexity index is 200. The molecule has 0 amide bonds. The molecule has 0 aromatic rings. The van der Waals surface area contributed by atoms with Gasteiger partial charge in [-0.1, -0.05) is 19.8 Å². The number of methoxy groups -OCH3 is 1. The maximum Gasteiger partial charge on any atom is 0.0900 e. The molecule has 0 radical (unpaired) electrons. The lowest BCUT2D eigenvalue weighted by molar-refractivity contribution is -0.0419. The highest BCUT2D eigenvalue weighted by molar-refractivity contribution is 4.68. The molecule has 0 saturated heterocycles. The molecule has 0 aromatic carbocycles. The summed E-state index contributed by atoms with van der Waals surface area (Å²) in [6, 6.07) is 0.461. The summed E-state index contributed by atoms with van der Waals surface area (Å²) in [6.07, 6.45) is 3.28. The van der Waals surface area contributed by atoms with E-state index < -0.39 is 6.10 Å². The van der Waals surface area contributed by atoms with Crippen LogP contribution in [-0.2, 0) is 9.47 Å². The van der Waals surface area contributed by atoms with E-state index in [2.05, 4.69) is 25.7 Å². The Morgan fingerprint density at radius 1 is 1.11 bits per heavy atom. The number of hydrogen-bond acceptors (Lipinski definition) is 4. The van der Waals surface area contributed by atoms with Gasteiger partial charge in [-0.25, -0.2) is 0 Å². The fourth-order valence-electron chi connectivity index (χ4n) is 2.01. The van der Waals surface area contributed by atoms with Gasteiger partial charge in [0.15, 0.2) is 0 Å². The number of aliphatic hydroxyl groups excluding tert-OH is 1. The van der Waals surface area contributed by atoms with Gasteiger partial charge in [-0.15, -0.1) is 0 Å². The fraction of sp³-hybridized carbons (Fsp3) is 1.00. The van der Waals surface area contributed by atoms with E-state index in [1.165, 1.54) is 19.3 Å². The van der Waals surface area contributed by atoms with Gasteiger partial charge in [0.05, 0.1) is 25.4 Å². The molecule has 0 rings (SSSR count). The minimum absolute atomic E-state index is 0.0345. The van der Waals surface area contributed by atoms with Crippen LogP contribution >= 0.6 is 0 Å². The topological polar surface area (TPSA) is 41.9 Å². The maximum atomic E-state index is 10.0. The lowest BCUT2D eigenvalue weighted by atomic mass is 10.2. The first kappa shape index (κ1) is 18.8. The summed E-state index contributed by atoms with van der Waals surface area (Å²) in [5, 5.41) is 10.0. The van der Waals surface area contributed by atoms with E-state index in [-0.39, 0.29) is 6.10 Å². The average molecular weight is 275 g/mol. The molecule has 4 nitrogen and oxygen atoms in total. The predicted molar refractivity (Wildman–Crippen MR) is 79.5 cm³/mol. The summed E-state index contributed by atoms with van der Waals surface area (Å²) >= 11 is 0. The third-order valence-electron chi connectivity index (χ3n) is 3.20. The number of unbranched alkanes of at least 4 members (excludes halogenated alkanes) is 2. The molecule has 0 aliphatic rings. The molecule has 4 heteroatoms. The second kappa shape index (κ2) is 11.6. The average Bonchev–Trinajstić information content (AvgIpc) is 2.35. The molecule has 19 heavy (non-hydrogen) atoms. The standard InChI is InChI=1S/C15H33NO3/c1-6-7-8-9-16(13(2)3)10-15(17)12-19-14(4)11-18-5/h13-15,17H,6-12H2,1-5H3. The SMILES string of the molecule is CCCCCN(CC(O)COC(C)COC)C(C)C. The second-order valence-electron chi connectivity index (χ2n) is 5.55. The van der Waals surface area contributed by atoms with Gasteiger partial charge in [0.1, 0.15) is 0 Å². The van der Waals surface area contributed by atoms with Crippen LogP contribution in [0.3, 0.4) is 0 Å². The van der Waals surface area contributed by atoms with E-state index in [1.54, 1.807) is 7.11 Å². The Morgan fingerprint density at radius 3 is 2.32 bits per heavy atom.